The Balaban J connectivity index is 3.72. The zero-order valence-corrected chi connectivity index (χ0v) is 8.07. The van der Waals surface area contributed by atoms with E-state index in [2.05, 4.69) is 33.1 Å². The third kappa shape index (κ3) is 3.52. The van der Waals surface area contributed by atoms with Crippen molar-refractivity contribution >= 4 is 8.07 Å². The first-order valence-corrected chi connectivity index (χ1v) is 7.17. The molecule has 0 aliphatic rings. The van der Waals surface area contributed by atoms with E-state index in [4.69, 9.17) is 0 Å². The molecule has 1 unspecified atom stereocenters. The van der Waals surface area contributed by atoms with Crippen LogP contribution >= 0.6 is 0 Å². The summed E-state index contributed by atoms with van der Waals surface area (Å²) in [6.07, 6.45) is 3.22. The SMILES string of the molecule is C=CCC(C)[Si](C)(C)C. The van der Waals surface area contributed by atoms with Crippen LogP contribution in [-0.2, 0) is 0 Å². The maximum absolute atomic E-state index is 3.74. The molecule has 0 saturated carbocycles. The van der Waals surface area contributed by atoms with Gasteiger partial charge in [0.2, 0.25) is 0 Å². The Bertz CT molecular complexity index is 89.2. The van der Waals surface area contributed by atoms with Crippen LogP contribution in [0.25, 0.3) is 0 Å². The van der Waals surface area contributed by atoms with E-state index in [-0.39, 0.29) is 0 Å². The van der Waals surface area contributed by atoms with Gasteiger partial charge >= 0.3 is 0 Å². The summed E-state index contributed by atoms with van der Waals surface area (Å²) in [5.41, 5.74) is 0.884. The van der Waals surface area contributed by atoms with E-state index in [9.17, 15) is 0 Å². The van der Waals surface area contributed by atoms with Crippen LogP contribution in [0.15, 0.2) is 12.7 Å². The van der Waals surface area contributed by atoms with Gasteiger partial charge in [0.15, 0.2) is 0 Å². The molecule has 0 aromatic rings. The smallest absolute Gasteiger partial charge is 0.0474 e. The molecule has 0 radical (unpaired) electrons. The molecule has 0 spiro atoms. The third-order valence-corrected chi connectivity index (χ3v) is 5.19. The lowest BCUT2D eigenvalue weighted by atomic mass is 10.3. The van der Waals surface area contributed by atoms with E-state index in [0.717, 1.165) is 5.54 Å². The summed E-state index contributed by atoms with van der Waals surface area (Å²) in [5, 5.41) is 0. The van der Waals surface area contributed by atoms with Crippen LogP contribution in [0.1, 0.15) is 13.3 Å². The van der Waals surface area contributed by atoms with Crippen LogP contribution in [0.5, 0.6) is 0 Å². The predicted octanol–water partition coefficient (Wildman–Crippen LogP) is 3.29. The Morgan fingerprint density at radius 3 is 2.00 bits per heavy atom. The molecule has 0 heterocycles. The molecule has 0 aromatic carbocycles. The first-order valence-electron chi connectivity index (χ1n) is 3.59. The van der Waals surface area contributed by atoms with Gasteiger partial charge in [0, 0.05) is 8.07 Å². The van der Waals surface area contributed by atoms with Crippen LogP contribution in [0.3, 0.4) is 0 Å². The molecular weight excluding hydrogens is 124 g/mol. The van der Waals surface area contributed by atoms with Crippen molar-refractivity contribution in [3.05, 3.63) is 12.7 Å². The second kappa shape index (κ2) is 3.21. The fourth-order valence-electron chi connectivity index (χ4n) is 0.604. The third-order valence-electron chi connectivity index (χ3n) is 2.00. The Morgan fingerprint density at radius 2 is 1.89 bits per heavy atom. The Labute approximate surface area is 60.0 Å². The van der Waals surface area contributed by atoms with Gasteiger partial charge in [-0.15, -0.1) is 6.58 Å². The molecule has 54 valence electrons. The fraction of sp³-hybridized carbons (Fsp3) is 0.750. The molecule has 0 N–H and O–H groups in total. The minimum absolute atomic E-state index is 0.853. The van der Waals surface area contributed by atoms with Gasteiger partial charge < -0.3 is 0 Å². The summed E-state index contributed by atoms with van der Waals surface area (Å²) in [4.78, 5) is 0. The van der Waals surface area contributed by atoms with Crippen LogP contribution in [0.2, 0.25) is 25.2 Å². The number of hydrogen-bond donors (Lipinski definition) is 0. The van der Waals surface area contributed by atoms with E-state index in [1.807, 2.05) is 6.08 Å². The lowest BCUT2D eigenvalue weighted by molar-refractivity contribution is 0.907. The molecule has 0 fully saturated rings. The lowest BCUT2D eigenvalue weighted by Crippen LogP contribution is -2.25. The van der Waals surface area contributed by atoms with E-state index >= 15 is 0 Å². The highest BCUT2D eigenvalue weighted by atomic mass is 28.3. The van der Waals surface area contributed by atoms with Crippen molar-refractivity contribution in [1.29, 1.82) is 0 Å². The van der Waals surface area contributed by atoms with E-state index in [1.165, 1.54) is 6.42 Å². The minimum atomic E-state index is -0.853. The zero-order valence-electron chi connectivity index (χ0n) is 7.07. The van der Waals surface area contributed by atoms with Crippen LogP contribution in [0, 0.1) is 0 Å². The molecule has 0 rings (SSSR count). The summed E-state index contributed by atoms with van der Waals surface area (Å²) in [5.74, 6) is 0. The van der Waals surface area contributed by atoms with Gasteiger partial charge in [-0.25, -0.2) is 0 Å². The molecule has 0 amide bonds. The van der Waals surface area contributed by atoms with Gasteiger partial charge in [-0.2, -0.15) is 0 Å². The molecule has 0 bridgehead atoms. The Hall–Kier alpha value is -0.0431. The van der Waals surface area contributed by atoms with Gasteiger partial charge in [-0.1, -0.05) is 32.6 Å². The average Bonchev–Trinajstić information content (AvgIpc) is 1.64. The van der Waals surface area contributed by atoms with Crippen molar-refractivity contribution < 1.29 is 0 Å². The molecule has 0 aromatic heterocycles. The van der Waals surface area contributed by atoms with Crippen molar-refractivity contribution in [1.82, 2.24) is 0 Å². The molecule has 0 aliphatic carbocycles. The van der Waals surface area contributed by atoms with Crippen LogP contribution in [0.4, 0.5) is 0 Å². The molecule has 1 atom stereocenters. The normalized spacial score (nSPS) is 15.1. The summed E-state index contributed by atoms with van der Waals surface area (Å²) in [6.45, 7) is 13.3. The molecule has 0 aliphatic heterocycles. The average molecular weight is 142 g/mol. The number of allylic oxidation sites excluding steroid dienone is 1. The predicted molar refractivity (Wildman–Crippen MR) is 47.6 cm³/mol. The molecule has 9 heavy (non-hydrogen) atoms. The van der Waals surface area contributed by atoms with Crippen molar-refractivity contribution in [2.24, 2.45) is 0 Å². The summed E-state index contributed by atoms with van der Waals surface area (Å²) < 4.78 is 0. The quantitative estimate of drug-likeness (QED) is 0.419. The number of hydrogen-bond acceptors (Lipinski definition) is 0. The lowest BCUT2D eigenvalue weighted by Gasteiger charge is -2.23. The first-order chi connectivity index (χ1) is 3.98. The fourth-order valence-corrected chi connectivity index (χ4v) is 1.48. The summed E-state index contributed by atoms with van der Waals surface area (Å²) in [7, 11) is -0.853. The van der Waals surface area contributed by atoms with Gasteiger partial charge in [-0.05, 0) is 12.0 Å². The highest BCUT2D eigenvalue weighted by Gasteiger charge is 2.20. The van der Waals surface area contributed by atoms with E-state index in [1.54, 1.807) is 0 Å². The second-order valence-electron chi connectivity index (χ2n) is 3.79. The Morgan fingerprint density at radius 1 is 1.44 bits per heavy atom. The highest BCUT2D eigenvalue weighted by Crippen LogP contribution is 2.24. The largest absolute Gasteiger partial charge is 0.103 e. The monoisotopic (exact) mass is 142 g/mol. The summed E-state index contributed by atoms with van der Waals surface area (Å²) in [6, 6.07) is 0. The van der Waals surface area contributed by atoms with Gasteiger partial charge in [0.05, 0.1) is 0 Å². The molecular formula is C8H18Si. The molecule has 1 heteroatoms. The maximum atomic E-state index is 3.74. The highest BCUT2D eigenvalue weighted by molar-refractivity contribution is 6.77. The summed E-state index contributed by atoms with van der Waals surface area (Å²) >= 11 is 0. The zero-order chi connectivity index (χ0) is 7.49. The topological polar surface area (TPSA) is 0 Å². The minimum Gasteiger partial charge on any atom is -0.103 e. The van der Waals surface area contributed by atoms with Crippen LogP contribution in [-0.4, -0.2) is 8.07 Å². The van der Waals surface area contributed by atoms with Crippen molar-refractivity contribution in [3.63, 3.8) is 0 Å². The van der Waals surface area contributed by atoms with E-state index < -0.39 is 8.07 Å². The number of rotatable bonds is 3. The second-order valence-corrected chi connectivity index (χ2v) is 9.51. The molecule has 0 nitrogen and oxygen atoms in total. The molecule has 0 saturated heterocycles. The Kier molecular flexibility index (Phi) is 3.19. The standard InChI is InChI=1S/C8H18Si/c1-6-7-8(2)9(3,4)5/h6,8H,1,7H2,2-5H3. The van der Waals surface area contributed by atoms with Crippen molar-refractivity contribution in [2.75, 3.05) is 0 Å². The van der Waals surface area contributed by atoms with Gasteiger partial charge in [0.1, 0.15) is 0 Å². The van der Waals surface area contributed by atoms with Crippen molar-refractivity contribution in [2.45, 2.75) is 38.5 Å². The van der Waals surface area contributed by atoms with Gasteiger partial charge in [0.25, 0.3) is 0 Å². The van der Waals surface area contributed by atoms with Crippen molar-refractivity contribution in [3.8, 4) is 0 Å². The van der Waals surface area contributed by atoms with Gasteiger partial charge in [-0.3, -0.25) is 0 Å². The maximum Gasteiger partial charge on any atom is 0.0474 e. The van der Waals surface area contributed by atoms with Crippen LogP contribution < -0.4 is 0 Å². The first kappa shape index (κ1) is 8.96. The van der Waals surface area contributed by atoms with E-state index in [0.29, 0.717) is 0 Å².